The molecule has 0 radical (unpaired) electrons. The molecule has 0 atom stereocenters. The van der Waals surface area contributed by atoms with Crippen LogP contribution in [0.15, 0.2) is 42.5 Å². The van der Waals surface area contributed by atoms with E-state index in [4.69, 9.17) is 11.6 Å². The summed E-state index contributed by atoms with van der Waals surface area (Å²) in [5.74, 6) is 0. The molecule has 1 aliphatic heterocycles. The maximum absolute atomic E-state index is 12.7. The smallest absolute Gasteiger partial charge is 0.321 e. The quantitative estimate of drug-likeness (QED) is 0.855. The highest BCUT2D eigenvalue weighted by Crippen LogP contribution is 2.22. The van der Waals surface area contributed by atoms with E-state index < -0.39 is 0 Å². The highest BCUT2D eigenvalue weighted by atomic mass is 35.5. The maximum atomic E-state index is 12.7. The summed E-state index contributed by atoms with van der Waals surface area (Å²) in [6, 6.07) is 14.1. The number of carbonyl (C=O) groups excluding carboxylic acids is 1. The zero-order valence-electron chi connectivity index (χ0n) is 15.5. The van der Waals surface area contributed by atoms with Gasteiger partial charge in [0.25, 0.3) is 0 Å². The molecule has 1 aliphatic rings. The fourth-order valence-corrected chi connectivity index (χ4v) is 3.56. The van der Waals surface area contributed by atoms with Crippen molar-refractivity contribution < 1.29 is 4.79 Å². The van der Waals surface area contributed by atoms with Crippen molar-refractivity contribution in [3.05, 3.63) is 64.2 Å². The number of piperazine rings is 1. The van der Waals surface area contributed by atoms with E-state index in [2.05, 4.69) is 29.3 Å². The van der Waals surface area contributed by atoms with Crippen LogP contribution >= 0.6 is 11.6 Å². The molecule has 0 bridgehead atoms. The van der Waals surface area contributed by atoms with Crippen LogP contribution in [-0.2, 0) is 13.0 Å². The number of nitrogens with one attached hydrogen (secondary N) is 1. The molecule has 2 aromatic rings. The van der Waals surface area contributed by atoms with E-state index in [1.54, 1.807) is 0 Å². The molecule has 3 rings (SSSR count). The number of benzene rings is 2. The van der Waals surface area contributed by atoms with E-state index in [1.807, 2.05) is 42.2 Å². The van der Waals surface area contributed by atoms with Crippen LogP contribution in [0.5, 0.6) is 0 Å². The first-order valence-electron chi connectivity index (χ1n) is 9.18. The molecule has 1 heterocycles. The number of para-hydroxylation sites is 1. The molecular weight excluding hydrogens is 346 g/mol. The molecule has 2 aromatic carbocycles. The van der Waals surface area contributed by atoms with Gasteiger partial charge in [0.2, 0.25) is 0 Å². The predicted molar refractivity (Wildman–Crippen MR) is 108 cm³/mol. The number of nitrogens with zero attached hydrogens (tertiary/aromatic N) is 2. The normalized spacial score (nSPS) is 15.1. The maximum Gasteiger partial charge on any atom is 0.321 e. The number of aryl methyl sites for hydroxylation is 2. The second-order valence-electron chi connectivity index (χ2n) is 6.75. The first-order chi connectivity index (χ1) is 12.6. The zero-order chi connectivity index (χ0) is 18.5. The summed E-state index contributed by atoms with van der Waals surface area (Å²) in [4.78, 5) is 16.9. The highest BCUT2D eigenvalue weighted by molar-refractivity contribution is 6.31. The van der Waals surface area contributed by atoms with Gasteiger partial charge in [-0.15, -0.1) is 0 Å². The van der Waals surface area contributed by atoms with Crippen LogP contribution in [0.3, 0.4) is 0 Å². The highest BCUT2D eigenvalue weighted by Gasteiger charge is 2.22. The van der Waals surface area contributed by atoms with Gasteiger partial charge in [-0.25, -0.2) is 4.79 Å². The first-order valence-corrected chi connectivity index (χ1v) is 9.56. The molecule has 1 N–H and O–H groups in total. The Balaban J connectivity index is 1.57. The third-order valence-electron chi connectivity index (χ3n) is 4.98. The van der Waals surface area contributed by atoms with Crippen LogP contribution in [0, 0.1) is 6.92 Å². The van der Waals surface area contributed by atoms with Gasteiger partial charge in [-0.1, -0.05) is 54.9 Å². The van der Waals surface area contributed by atoms with E-state index in [0.29, 0.717) is 0 Å². The van der Waals surface area contributed by atoms with E-state index in [0.717, 1.165) is 61.0 Å². The molecule has 2 amide bonds. The molecule has 1 fully saturated rings. The Bertz CT molecular complexity index is 770. The van der Waals surface area contributed by atoms with Gasteiger partial charge in [0.15, 0.2) is 0 Å². The van der Waals surface area contributed by atoms with Crippen molar-refractivity contribution in [1.29, 1.82) is 0 Å². The van der Waals surface area contributed by atoms with Gasteiger partial charge >= 0.3 is 6.03 Å². The van der Waals surface area contributed by atoms with Gasteiger partial charge in [0, 0.05) is 43.4 Å². The van der Waals surface area contributed by atoms with Crippen molar-refractivity contribution in [3.63, 3.8) is 0 Å². The summed E-state index contributed by atoms with van der Waals surface area (Å²) >= 11 is 6.26. The average molecular weight is 372 g/mol. The number of rotatable bonds is 4. The first kappa shape index (κ1) is 18.7. The Morgan fingerprint density at radius 1 is 1.04 bits per heavy atom. The molecule has 4 nitrogen and oxygen atoms in total. The van der Waals surface area contributed by atoms with E-state index in [1.165, 1.54) is 5.56 Å². The number of hydrogen-bond acceptors (Lipinski definition) is 2. The number of urea groups is 1. The molecule has 0 unspecified atom stereocenters. The van der Waals surface area contributed by atoms with Gasteiger partial charge in [-0.05, 0) is 36.1 Å². The van der Waals surface area contributed by atoms with E-state index in [9.17, 15) is 4.79 Å². The minimum absolute atomic E-state index is 0.00797. The van der Waals surface area contributed by atoms with Gasteiger partial charge in [-0.3, -0.25) is 4.90 Å². The fraction of sp³-hybridized carbons (Fsp3) is 0.381. The van der Waals surface area contributed by atoms with Crippen molar-refractivity contribution in [2.45, 2.75) is 26.8 Å². The second kappa shape index (κ2) is 8.56. The van der Waals surface area contributed by atoms with Crippen LogP contribution < -0.4 is 5.32 Å². The van der Waals surface area contributed by atoms with Crippen molar-refractivity contribution in [2.24, 2.45) is 0 Å². The number of amides is 2. The third-order valence-corrected chi connectivity index (χ3v) is 5.35. The van der Waals surface area contributed by atoms with Gasteiger partial charge in [0.1, 0.15) is 0 Å². The number of hydrogen-bond donors (Lipinski definition) is 1. The van der Waals surface area contributed by atoms with Crippen LogP contribution in [0.4, 0.5) is 10.5 Å². The summed E-state index contributed by atoms with van der Waals surface area (Å²) in [6.07, 6.45) is 0.906. The van der Waals surface area contributed by atoms with Crippen molar-refractivity contribution in [1.82, 2.24) is 9.80 Å². The number of halogens is 1. The summed E-state index contributed by atoms with van der Waals surface area (Å²) in [6.45, 7) is 8.13. The molecule has 0 saturated carbocycles. The molecular formula is C21H26ClN3O. The van der Waals surface area contributed by atoms with Crippen LogP contribution in [-0.4, -0.2) is 42.0 Å². The van der Waals surface area contributed by atoms with Crippen molar-refractivity contribution in [3.8, 4) is 0 Å². The number of carbonyl (C=O) groups is 1. The minimum Gasteiger partial charge on any atom is -0.322 e. The largest absolute Gasteiger partial charge is 0.322 e. The van der Waals surface area contributed by atoms with Gasteiger partial charge in [-0.2, -0.15) is 0 Å². The lowest BCUT2D eigenvalue weighted by Gasteiger charge is -2.35. The Morgan fingerprint density at radius 2 is 1.73 bits per heavy atom. The summed E-state index contributed by atoms with van der Waals surface area (Å²) in [7, 11) is 0. The summed E-state index contributed by atoms with van der Waals surface area (Å²) < 4.78 is 0. The minimum atomic E-state index is -0.00797. The molecule has 0 aliphatic carbocycles. The zero-order valence-corrected chi connectivity index (χ0v) is 16.2. The molecule has 1 saturated heterocycles. The predicted octanol–water partition coefficient (Wildman–Crippen LogP) is 4.56. The molecule has 0 aromatic heterocycles. The monoisotopic (exact) mass is 371 g/mol. The lowest BCUT2D eigenvalue weighted by Crippen LogP contribution is -2.49. The summed E-state index contributed by atoms with van der Waals surface area (Å²) in [5.41, 5.74) is 4.38. The molecule has 26 heavy (non-hydrogen) atoms. The lowest BCUT2D eigenvalue weighted by atomic mass is 10.1. The van der Waals surface area contributed by atoms with Crippen LogP contribution in [0.1, 0.15) is 23.6 Å². The van der Waals surface area contributed by atoms with E-state index in [-0.39, 0.29) is 6.03 Å². The Morgan fingerprint density at radius 3 is 2.42 bits per heavy atom. The Kier molecular flexibility index (Phi) is 6.17. The molecule has 5 heteroatoms. The van der Waals surface area contributed by atoms with Crippen molar-refractivity contribution >= 4 is 23.3 Å². The van der Waals surface area contributed by atoms with Crippen molar-refractivity contribution in [2.75, 3.05) is 31.5 Å². The van der Waals surface area contributed by atoms with Gasteiger partial charge < -0.3 is 10.2 Å². The summed E-state index contributed by atoms with van der Waals surface area (Å²) in [5, 5.41) is 3.93. The Hall–Kier alpha value is -2.04. The lowest BCUT2D eigenvalue weighted by molar-refractivity contribution is 0.143. The molecule has 0 spiro atoms. The SMILES string of the molecule is CCc1cccc(C)c1NC(=O)N1CCN(Cc2ccccc2Cl)CC1. The number of anilines is 1. The molecule has 138 valence electrons. The van der Waals surface area contributed by atoms with Gasteiger partial charge in [0.05, 0.1) is 0 Å². The van der Waals surface area contributed by atoms with E-state index >= 15 is 0 Å². The van der Waals surface area contributed by atoms with Crippen LogP contribution in [0.25, 0.3) is 0 Å². The average Bonchev–Trinajstić information content (AvgIpc) is 2.65. The fourth-order valence-electron chi connectivity index (χ4n) is 3.36. The Labute approximate surface area is 160 Å². The van der Waals surface area contributed by atoms with Crippen LogP contribution in [0.2, 0.25) is 5.02 Å². The standard InChI is InChI=1S/C21H26ClN3O/c1-3-17-9-6-7-16(2)20(17)23-21(26)25-13-11-24(12-14-25)15-18-8-4-5-10-19(18)22/h4-10H,3,11-15H2,1-2H3,(H,23,26). The topological polar surface area (TPSA) is 35.6 Å². The second-order valence-corrected chi connectivity index (χ2v) is 7.15. The third kappa shape index (κ3) is 4.37.